The highest BCUT2D eigenvalue weighted by molar-refractivity contribution is 7.15. The van der Waals surface area contributed by atoms with Crippen LogP contribution in [-0.2, 0) is 13.5 Å². The molecule has 1 atom stereocenters. The number of benzene rings is 1. The summed E-state index contributed by atoms with van der Waals surface area (Å²) in [5.41, 5.74) is 3.36. The van der Waals surface area contributed by atoms with Crippen LogP contribution in [0.1, 0.15) is 40.7 Å². The molecule has 0 fully saturated rings. The largest absolute Gasteiger partial charge is 0.389 e. The average Bonchev–Trinajstić information content (AvgIpc) is 3.10. The fourth-order valence-corrected chi connectivity index (χ4v) is 3.77. The van der Waals surface area contributed by atoms with Crippen LogP contribution >= 0.6 is 11.3 Å². The molecule has 0 unspecified atom stereocenters. The number of nitrogens with zero attached hydrogens (tertiary/aromatic N) is 4. The topological polar surface area (TPSA) is 74.7 Å². The van der Waals surface area contributed by atoms with Gasteiger partial charge in [0.1, 0.15) is 11.9 Å². The Kier molecular flexibility index (Phi) is 4.66. The second kappa shape index (κ2) is 6.75. The van der Waals surface area contributed by atoms with Crippen molar-refractivity contribution >= 4 is 11.3 Å². The number of aliphatic hydroxyl groups excluding tert-OH is 1. The van der Waals surface area contributed by atoms with Gasteiger partial charge in [-0.05, 0) is 43.2 Å². The van der Waals surface area contributed by atoms with Crippen molar-refractivity contribution in [3.63, 3.8) is 0 Å². The molecule has 2 aromatic heterocycles. The van der Waals surface area contributed by atoms with Crippen LogP contribution in [0.3, 0.4) is 0 Å². The molecule has 0 saturated carbocycles. The van der Waals surface area contributed by atoms with Gasteiger partial charge in [0.05, 0.1) is 21.7 Å². The third kappa shape index (κ3) is 3.45. The zero-order valence-electron chi connectivity index (χ0n) is 14.1. The highest BCUT2D eigenvalue weighted by Crippen LogP contribution is 2.36. The van der Waals surface area contributed by atoms with E-state index in [1.165, 1.54) is 23.5 Å². The molecule has 0 aliphatic carbocycles. The van der Waals surface area contributed by atoms with Crippen molar-refractivity contribution in [2.45, 2.75) is 26.4 Å². The lowest BCUT2D eigenvalue weighted by Crippen LogP contribution is -2.02. The van der Waals surface area contributed by atoms with Gasteiger partial charge >= 0.3 is 0 Å². The maximum Gasteiger partial charge on any atom is 0.162 e. The smallest absolute Gasteiger partial charge is 0.162 e. The summed E-state index contributed by atoms with van der Waals surface area (Å²) < 4.78 is 15.3. The van der Waals surface area contributed by atoms with Crippen LogP contribution in [0.4, 0.5) is 4.39 Å². The number of aromatic nitrogens is 3. The Hall–Kier alpha value is -2.56. The van der Waals surface area contributed by atoms with Crippen LogP contribution in [-0.4, -0.2) is 19.9 Å². The predicted octanol–water partition coefficient (Wildman–Crippen LogP) is 3.51. The van der Waals surface area contributed by atoms with Crippen LogP contribution in [0, 0.1) is 24.1 Å². The summed E-state index contributed by atoms with van der Waals surface area (Å²) in [5, 5.41) is 24.0. The molecule has 0 radical (unpaired) electrons. The fraction of sp³-hybridized carbons (Fsp3) is 0.278. The van der Waals surface area contributed by atoms with Crippen molar-refractivity contribution in [2.75, 3.05) is 0 Å². The molecule has 128 valence electrons. The van der Waals surface area contributed by atoms with Crippen molar-refractivity contribution in [2.24, 2.45) is 7.05 Å². The lowest BCUT2D eigenvalue weighted by molar-refractivity contribution is 0.199. The van der Waals surface area contributed by atoms with Gasteiger partial charge in [0.15, 0.2) is 5.69 Å². The van der Waals surface area contributed by atoms with E-state index in [1.807, 2.05) is 13.0 Å². The monoisotopic (exact) mass is 356 g/mol. The van der Waals surface area contributed by atoms with Crippen molar-refractivity contribution in [1.29, 1.82) is 5.26 Å². The Labute approximate surface area is 149 Å². The number of aryl methyl sites for hydroxylation is 2. The zero-order valence-corrected chi connectivity index (χ0v) is 14.9. The van der Waals surface area contributed by atoms with Crippen molar-refractivity contribution < 1.29 is 9.50 Å². The number of aliphatic hydroxyl groups is 1. The van der Waals surface area contributed by atoms with Gasteiger partial charge < -0.3 is 5.11 Å². The molecule has 0 aliphatic rings. The molecule has 0 aliphatic heterocycles. The van der Waals surface area contributed by atoms with Gasteiger partial charge in [0.2, 0.25) is 0 Å². The average molecular weight is 356 g/mol. The molecule has 5 nitrogen and oxygen atoms in total. The Morgan fingerprint density at radius 3 is 2.80 bits per heavy atom. The highest BCUT2D eigenvalue weighted by atomic mass is 32.1. The summed E-state index contributed by atoms with van der Waals surface area (Å²) in [6, 6.07) is 8.19. The van der Waals surface area contributed by atoms with Crippen LogP contribution in [0.2, 0.25) is 0 Å². The van der Waals surface area contributed by atoms with E-state index in [-0.39, 0.29) is 5.82 Å². The maximum atomic E-state index is 13.6. The van der Waals surface area contributed by atoms with Gasteiger partial charge in [-0.25, -0.2) is 9.37 Å². The fourth-order valence-electron chi connectivity index (χ4n) is 2.78. The molecule has 0 bridgehead atoms. The molecule has 0 spiro atoms. The van der Waals surface area contributed by atoms with Crippen molar-refractivity contribution in [3.05, 3.63) is 57.7 Å². The summed E-state index contributed by atoms with van der Waals surface area (Å²) >= 11 is 1.50. The minimum Gasteiger partial charge on any atom is -0.389 e. The van der Waals surface area contributed by atoms with E-state index in [0.29, 0.717) is 17.7 Å². The van der Waals surface area contributed by atoms with E-state index >= 15 is 0 Å². The Bertz CT molecular complexity index is 968. The summed E-state index contributed by atoms with van der Waals surface area (Å²) in [7, 11) is 1.79. The van der Waals surface area contributed by atoms with Crippen LogP contribution < -0.4 is 0 Å². The molecule has 1 aromatic carbocycles. The van der Waals surface area contributed by atoms with Crippen molar-refractivity contribution in [3.8, 4) is 16.5 Å². The van der Waals surface area contributed by atoms with Gasteiger partial charge in [-0.1, -0.05) is 6.07 Å². The second-order valence-electron chi connectivity index (χ2n) is 5.85. The van der Waals surface area contributed by atoms with E-state index in [9.17, 15) is 9.50 Å². The van der Waals surface area contributed by atoms with Crippen LogP contribution in [0.5, 0.6) is 0 Å². The third-order valence-electron chi connectivity index (χ3n) is 3.95. The lowest BCUT2D eigenvalue weighted by Gasteiger charge is -2.12. The first-order chi connectivity index (χ1) is 11.9. The van der Waals surface area contributed by atoms with E-state index in [4.69, 9.17) is 5.26 Å². The normalized spacial score (nSPS) is 12.2. The van der Waals surface area contributed by atoms with E-state index < -0.39 is 6.10 Å². The number of hydrogen-bond donors (Lipinski definition) is 1. The summed E-state index contributed by atoms with van der Waals surface area (Å²) in [4.78, 5) is 5.50. The number of hydrogen-bond acceptors (Lipinski definition) is 5. The first-order valence-electron chi connectivity index (χ1n) is 7.76. The molecule has 0 amide bonds. The predicted molar refractivity (Wildman–Crippen MR) is 93.6 cm³/mol. The molecule has 7 heteroatoms. The third-order valence-corrected chi connectivity index (χ3v) is 5.00. The Morgan fingerprint density at radius 2 is 2.16 bits per heavy atom. The van der Waals surface area contributed by atoms with Gasteiger partial charge in [-0.3, -0.25) is 4.68 Å². The second-order valence-corrected chi connectivity index (χ2v) is 7.05. The Balaban J connectivity index is 2.08. The molecule has 25 heavy (non-hydrogen) atoms. The van der Waals surface area contributed by atoms with Crippen LogP contribution in [0.25, 0.3) is 10.4 Å². The number of halogens is 1. The van der Waals surface area contributed by atoms with Gasteiger partial charge in [0.25, 0.3) is 0 Å². The van der Waals surface area contributed by atoms with E-state index in [0.717, 1.165) is 26.8 Å². The lowest BCUT2D eigenvalue weighted by atomic mass is 10.00. The minimum atomic E-state index is -0.789. The van der Waals surface area contributed by atoms with Gasteiger partial charge in [0, 0.05) is 19.2 Å². The van der Waals surface area contributed by atoms with Crippen molar-refractivity contribution in [1.82, 2.24) is 14.8 Å². The summed E-state index contributed by atoms with van der Waals surface area (Å²) in [6.45, 7) is 3.53. The Morgan fingerprint density at radius 1 is 1.40 bits per heavy atom. The van der Waals surface area contributed by atoms with Gasteiger partial charge in [-0.2, -0.15) is 10.4 Å². The van der Waals surface area contributed by atoms with E-state index in [2.05, 4.69) is 10.1 Å². The standard InChI is InChI=1S/C18H17FN4OS/c1-10(24)16-6-12(19)4-5-15(16)18-17(21-11(2)25-18)8-14-7-13(9-20)22-23(14)3/h4-7,10,24H,8H2,1-3H3/t10-/m1/s1. The maximum absolute atomic E-state index is 13.6. The number of thiazole rings is 1. The molecule has 1 N–H and O–H groups in total. The SMILES string of the molecule is Cc1nc(Cc2cc(C#N)nn2C)c(-c2ccc(F)cc2[C@@H](C)O)s1. The van der Waals surface area contributed by atoms with E-state index in [1.54, 1.807) is 30.8 Å². The van der Waals surface area contributed by atoms with Crippen LogP contribution in [0.15, 0.2) is 24.3 Å². The zero-order chi connectivity index (χ0) is 18.1. The molecular weight excluding hydrogens is 339 g/mol. The molecule has 3 rings (SSSR count). The summed E-state index contributed by atoms with van der Waals surface area (Å²) in [6.07, 6.45) is -0.288. The number of rotatable bonds is 4. The minimum absolute atomic E-state index is 0.359. The first-order valence-corrected chi connectivity index (χ1v) is 8.58. The first kappa shape index (κ1) is 17.3. The molecule has 3 aromatic rings. The van der Waals surface area contributed by atoms with Gasteiger partial charge in [-0.15, -0.1) is 11.3 Å². The molecule has 0 saturated heterocycles. The quantitative estimate of drug-likeness (QED) is 0.776. The molecule has 2 heterocycles. The highest BCUT2D eigenvalue weighted by Gasteiger charge is 2.19. The molecular formula is C18H17FN4OS. The summed E-state index contributed by atoms with van der Waals surface area (Å²) in [5.74, 6) is -0.382. The number of nitriles is 1.